The zero-order valence-corrected chi connectivity index (χ0v) is 17.5. The summed E-state index contributed by atoms with van der Waals surface area (Å²) in [4.78, 5) is 28.2. The summed E-state index contributed by atoms with van der Waals surface area (Å²) in [6.07, 6.45) is 3.83. The lowest BCUT2D eigenvalue weighted by atomic mass is 9.74. The zero-order valence-electron chi connectivity index (χ0n) is 17.5. The molecule has 1 heterocycles. The van der Waals surface area contributed by atoms with Gasteiger partial charge >= 0.3 is 5.97 Å². The highest BCUT2D eigenvalue weighted by Gasteiger charge is 2.49. The lowest BCUT2D eigenvalue weighted by Crippen LogP contribution is -2.66. The van der Waals surface area contributed by atoms with Crippen molar-refractivity contribution in [3.8, 4) is 0 Å². The molecule has 0 radical (unpaired) electrons. The number of carbonyl (C=O) groups is 2. The minimum atomic E-state index is -0.802. The molecule has 146 valence electrons. The van der Waals surface area contributed by atoms with Gasteiger partial charge in [-0.3, -0.25) is 14.5 Å². The summed E-state index contributed by atoms with van der Waals surface area (Å²) in [6.45, 7) is 17.4. The number of carbonyl (C=O) groups excluding carboxylic acids is 1. The largest absolute Gasteiger partial charge is 0.481 e. The fourth-order valence-corrected chi connectivity index (χ4v) is 4.30. The quantitative estimate of drug-likeness (QED) is 0.756. The van der Waals surface area contributed by atoms with Crippen LogP contribution in [-0.2, 0) is 9.59 Å². The topological polar surface area (TPSA) is 60.9 Å². The van der Waals surface area contributed by atoms with Crippen molar-refractivity contribution in [3.63, 3.8) is 0 Å². The van der Waals surface area contributed by atoms with Gasteiger partial charge in [0, 0.05) is 37.1 Å². The third kappa shape index (κ3) is 5.19. The number of rotatable bonds is 7. The predicted molar refractivity (Wildman–Crippen MR) is 102 cm³/mol. The van der Waals surface area contributed by atoms with E-state index in [1.54, 1.807) is 20.8 Å². The number of carboxylic acids is 1. The Kier molecular flexibility index (Phi) is 6.71. The Labute approximate surface area is 153 Å². The summed E-state index contributed by atoms with van der Waals surface area (Å²) in [5, 5.41) is 9.54. The number of unbranched alkanes of at least 4 members (excludes halogenated alkanes) is 1. The Hall–Kier alpha value is -1.10. The molecule has 1 N–H and O–H groups in total. The molecule has 1 saturated heterocycles. The van der Waals surface area contributed by atoms with Crippen LogP contribution in [0.3, 0.4) is 0 Å². The van der Waals surface area contributed by atoms with Crippen LogP contribution < -0.4 is 0 Å². The van der Waals surface area contributed by atoms with Crippen LogP contribution in [0, 0.1) is 5.41 Å². The molecule has 5 heteroatoms. The Bertz CT molecular complexity index is 479. The molecule has 1 aliphatic heterocycles. The van der Waals surface area contributed by atoms with Crippen molar-refractivity contribution in [2.75, 3.05) is 13.1 Å². The van der Waals surface area contributed by atoms with Crippen molar-refractivity contribution in [1.29, 1.82) is 0 Å². The first-order valence-electron chi connectivity index (χ1n) is 9.53. The molecular weight excluding hydrogens is 316 g/mol. The van der Waals surface area contributed by atoms with E-state index >= 15 is 0 Å². The monoisotopic (exact) mass is 354 g/mol. The molecule has 1 aliphatic rings. The molecule has 5 nitrogen and oxygen atoms in total. The van der Waals surface area contributed by atoms with Crippen LogP contribution in [0.25, 0.3) is 0 Å². The Morgan fingerprint density at radius 2 is 1.64 bits per heavy atom. The summed E-state index contributed by atoms with van der Waals surface area (Å²) in [6, 6.07) is 0.207. The third-order valence-electron chi connectivity index (χ3n) is 5.66. The van der Waals surface area contributed by atoms with Crippen molar-refractivity contribution in [3.05, 3.63) is 0 Å². The van der Waals surface area contributed by atoms with Gasteiger partial charge in [-0.2, -0.15) is 0 Å². The highest BCUT2D eigenvalue weighted by molar-refractivity contribution is 5.74. The van der Waals surface area contributed by atoms with Crippen LogP contribution in [-0.4, -0.2) is 57.0 Å². The maximum absolute atomic E-state index is 12.2. The van der Waals surface area contributed by atoms with Crippen LogP contribution in [0.15, 0.2) is 0 Å². The van der Waals surface area contributed by atoms with Gasteiger partial charge in [-0.1, -0.05) is 13.3 Å². The summed E-state index contributed by atoms with van der Waals surface area (Å²) in [5.41, 5.74) is -1.14. The predicted octanol–water partition coefficient (Wildman–Crippen LogP) is 3.77. The van der Waals surface area contributed by atoms with Crippen molar-refractivity contribution in [2.24, 2.45) is 5.41 Å². The molecule has 25 heavy (non-hydrogen) atoms. The van der Waals surface area contributed by atoms with E-state index in [1.165, 1.54) is 0 Å². The van der Waals surface area contributed by atoms with Gasteiger partial charge in [0.25, 0.3) is 0 Å². The molecule has 0 bridgehead atoms. The fraction of sp³-hybridized carbons (Fsp3) is 0.900. The molecule has 0 aromatic rings. The Morgan fingerprint density at radius 3 is 2.00 bits per heavy atom. The molecule has 0 unspecified atom stereocenters. The number of hydrogen-bond donors (Lipinski definition) is 1. The van der Waals surface area contributed by atoms with Gasteiger partial charge in [-0.15, -0.1) is 0 Å². The van der Waals surface area contributed by atoms with Gasteiger partial charge in [0.1, 0.15) is 0 Å². The third-order valence-corrected chi connectivity index (χ3v) is 5.66. The molecule has 1 rings (SSSR count). The van der Waals surface area contributed by atoms with Crippen molar-refractivity contribution in [1.82, 2.24) is 9.80 Å². The minimum absolute atomic E-state index is 0.143. The average Bonchev–Trinajstić information content (AvgIpc) is 2.42. The highest BCUT2D eigenvalue weighted by atomic mass is 16.4. The first-order valence-corrected chi connectivity index (χ1v) is 9.53. The second kappa shape index (κ2) is 7.65. The fourth-order valence-electron chi connectivity index (χ4n) is 4.30. The van der Waals surface area contributed by atoms with Crippen LogP contribution >= 0.6 is 0 Å². The molecule has 0 saturated carbocycles. The zero-order chi connectivity index (χ0) is 19.6. The molecule has 0 aromatic heterocycles. The van der Waals surface area contributed by atoms with E-state index in [2.05, 4.69) is 39.5 Å². The Balaban J connectivity index is 3.08. The van der Waals surface area contributed by atoms with Gasteiger partial charge in [0.15, 0.2) is 0 Å². The number of piperidine rings is 1. The molecular formula is C20H38N2O3. The number of nitrogens with zero attached hydrogens (tertiary/aromatic N) is 2. The van der Waals surface area contributed by atoms with Crippen LogP contribution in [0.5, 0.6) is 0 Å². The first kappa shape index (κ1) is 21.9. The lowest BCUT2D eigenvalue weighted by Gasteiger charge is -2.58. The van der Waals surface area contributed by atoms with Crippen LogP contribution in [0.4, 0.5) is 0 Å². The van der Waals surface area contributed by atoms with E-state index in [0.29, 0.717) is 6.54 Å². The van der Waals surface area contributed by atoms with Crippen molar-refractivity contribution in [2.45, 2.75) is 98.2 Å². The summed E-state index contributed by atoms with van der Waals surface area (Å²) in [5.74, 6) is -0.626. The molecule has 0 atom stereocenters. The van der Waals surface area contributed by atoms with Crippen LogP contribution in [0.1, 0.15) is 81.1 Å². The highest BCUT2D eigenvalue weighted by Crippen LogP contribution is 2.42. The SMILES string of the molecule is CCCCN(C(C)=O)C1CC(C)(C)N(CC(C)(C)C(=O)O)C(C)(C)C1. The number of hydrogen-bond acceptors (Lipinski definition) is 3. The number of carboxylic acid groups (broad SMARTS) is 1. The molecule has 1 amide bonds. The van der Waals surface area contributed by atoms with Crippen molar-refractivity contribution >= 4 is 11.9 Å². The first-order chi connectivity index (χ1) is 11.2. The summed E-state index contributed by atoms with van der Waals surface area (Å²) < 4.78 is 0. The molecule has 1 fully saturated rings. The van der Waals surface area contributed by atoms with Gasteiger partial charge in [-0.05, 0) is 60.8 Å². The molecule has 0 aromatic carbocycles. The van der Waals surface area contributed by atoms with Gasteiger partial charge in [0.05, 0.1) is 5.41 Å². The second-order valence-corrected chi connectivity index (χ2v) is 9.53. The van der Waals surface area contributed by atoms with E-state index in [-0.39, 0.29) is 23.0 Å². The maximum Gasteiger partial charge on any atom is 0.310 e. The van der Waals surface area contributed by atoms with Gasteiger partial charge in [-0.25, -0.2) is 0 Å². The smallest absolute Gasteiger partial charge is 0.310 e. The normalized spacial score (nSPS) is 21.1. The minimum Gasteiger partial charge on any atom is -0.481 e. The second-order valence-electron chi connectivity index (χ2n) is 9.53. The summed E-state index contributed by atoms with van der Waals surface area (Å²) in [7, 11) is 0. The van der Waals surface area contributed by atoms with E-state index in [4.69, 9.17) is 0 Å². The average molecular weight is 355 g/mol. The summed E-state index contributed by atoms with van der Waals surface area (Å²) >= 11 is 0. The van der Waals surface area contributed by atoms with Crippen LogP contribution in [0.2, 0.25) is 0 Å². The maximum atomic E-state index is 12.2. The van der Waals surface area contributed by atoms with Gasteiger partial charge < -0.3 is 10.0 Å². The van der Waals surface area contributed by atoms with E-state index in [9.17, 15) is 14.7 Å². The standard InChI is InChI=1S/C20H38N2O3/c1-9-10-11-21(15(2)23)16-12-19(5,6)22(20(7,8)13-16)14-18(3,4)17(24)25/h16H,9-14H2,1-8H3,(H,24,25). The number of aliphatic carboxylic acids is 1. The number of likely N-dealkylation sites (tertiary alicyclic amines) is 1. The lowest BCUT2D eigenvalue weighted by molar-refractivity contribution is -0.153. The van der Waals surface area contributed by atoms with E-state index < -0.39 is 11.4 Å². The van der Waals surface area contributed by atoms with E-state index in [1.807, 2.05) is 4.90 Å². The van der Waals surface area contributed by atoms with Crippen molar-refractivity contribution < 1.29 is 14.7 Å². The molecule has 0 spiro atoms. The Morgan fingerprint density at radius 1 is 1.16 bits per heavy atom. The molecule has 0 aliphatic carbocycles. The van der Waals surface area contributed by atoms with Gasteiger partial charge in [0.2, 0.25) is 5.91 Å². The van der Waals surface area contributed by atoms with E-state index in [0.717, 1.165) is 32.2 Å². The number of amides is 1.